The molecule has 0 aromatic heterocycles. The Morgan fingerprint density at radius 1 is 1.46 bits per heavy atom. The maximum Gasteiger partial charge on any atom is 0.244 e. The first-order valence-corrected chi connectivity index (χ1v) is 11.3. The Labute approximate surface area is 158 Å². The fourth-order valence-electron chi connectivity index (χ4n) is 2.83. The smallest absolute Gasteiger partial charge is 0.244 e. The highest BCUT2D eigenvalue weighted by Crippen LogP contribution is 2.17. The molecule has 0 radical (unpaired) electrons. The molecule has 26 heavy (non-hydrogen) atoms. The Morgan fingerprint density at radius 3 is 2.81 bits per heavy atom. The summed E-state index contributed by atoms with van der Waals surface area (Å²) in [7, 11) is -2.51. The van der Waals surface area contributed by atoms with Gasteiger partial charge in [0.05, 0.1) is 6.10 Å². The van der Waals surface area contributed by atoms with Gasteiger partial charge in [-0.1, -0.05) is 12.1 Å². The molecule has 1 aromatic rings. The van der Waals surface area contributed by atoms with Crippen LogP contribution in [0, 0.1) is 5.82 Å². The monoisotopic (exact) mass is 404 g/mol. The first-order chi connectivity index (χ1) is 12.3. The molecule has 1 aliphatic heterocycles. The van der Waals surface area contributed by atoms with E-state index in [-0.39, 0.29) is 12.0 Å². The topological polar surface area (TPSA) is 75.7 Å². The summed E-state index contributed by atoms with van der Waals surface area (Å²) in [5.74, 6) is -0.581. The van der Waals surface area contributed by atoms with Gasteiger partial charge in [0.25, 0.3) is 0 Å². The van der Waals surface area contributed by atoms with Gasteiger partial charge in [-0.15, -0.1) is 0 Å². The van der Waals surface area contributed by atoms with Crippen molar-refractivity contribution in [3.8, 4) is 0 Å². The van der Waals surface area contributed by atoms with E-state index in [0.29, 0.717) is 25.3 Å². The van der Waals surface area contributed by atoms with Gasteiger partial charge in [0, 0.05) is 20.2 Å². The molecule has 1 fully saturated rings. The highest BCUT2D eigenvalue weighted by molar-refractivity contribution is 7.98. The van der Waals surface area contributed by atoms with Crippen molar-refractivity contribution < 1.29 is 22.3 Å². The van der Waals surface area contributed by atoms with Crippen LogP contribution < -0.4 is 4.72 Å². The van der Waals surface area contributed by atoms with Crippen LogP contribution in [0.4, 0.5) is 4.39 Å². The predicted octanol–water partition coefficient (Wildman–Crippen LogP) is 1.86. The summed E-state index contributed by atoms with van der Waals surface area (Å²) in [5, 5.41) is 0. The van der Waals surface area contributed by atoms with Gasteiger partial charge in [-0.3, -0.25) is 4.79 Å². The van der Waals surface area contributed by atoms with Crippen LogP contribution in [-0.4, -0.2) is 63.6 Å². The molecule has 2 unspecified atom stereocenters. The number of thioether (sulfide) groups is 1. The Kier molecular flexibility index (Phi) is 7.87. The number of carbonyl (C=O) groups is 1. The molecule has 0 bridgehead atoms. The Balaban J connectivity index is 2.12. The SMILES string of the molecule is CSCCC(NS(=O)(=O)c1ccccc1F)C(=O)N(C)CC1CCCO1. The molecule has 0 spiro atoms. The largest absolute Gasteiger partial charge is 0.376 e. The van der Waals surface area contributed by atoms with Gasteiger partial charge in [-0.2, -0.15) is 16.5 Å². The number of benzene rings is 1. The van der Waals surface area contributed by atoms with Crippen LogP contribution in [-0.2, 0) is 19.6 Å². The summed E-state index contributed by atoms with van der Waals surface area (Å²) in [6.07, 6.45) is 4.02. The highest BCUT2D eigenvalue weighted by Gasteiger charge is 2.30. The number of amides is 1. The molecule has 0 aliphatic carbocycles. The Hall–Kier alpha value is -1.16. The molecule has 2 atom stereocenters. The van der Waals surface area contributed by atoms with E-state index in [2.05, 4.69) is 4.72 Å². The average molecular weight is 405 g/mol. The average Bonchev–Trinajstić information content (AvgIpc) is 3.11. The summed E-state index contributed by atoms with van der Waals surface area (Å²) < 4.78 is 46.9. The van der Waals surface area contributed by atoms with Gasteiger partial charge in [0.1, 0.15) is 16.8 Å². The molecule has 1 aliphatic rings. The minimum absolute atomic E-state index is 0.0201. The van der Waals surface area contributed by atoms with Crippen molar-refractivity contribution >= 4 is 27.7 Å². The maximum absolute atomic E-state index is 13.9. The van der Waals surface area contributed by atoms with Crippen molar-refractivity contribution in [3.63, 3.8) is 0 Å². The van der Waals surface area contributed by atoms with E-state index in [1.807, 2.05) is 6.26 Å². The van der Waals surface area contributed by atoms with Crippen molar-refractivity contribution in [1.29, 1.82) is 0 Å². The van der Waals surface area contributed by atoms with Gasteiger partial charge in [0.15, 0.2) is 0 Å². The van der Waals surface area contributed by atoms with E-state index >= 15 is 0 Å². The van der Waals surface area contributed by atoms with Crippen molar-refractivity contribution in [2.45, 2.75) is 36.3 Å². The minimum Gasteiger partial charge on any atom is -0.376 e. The molecule has 1 saturated heterocycles. The fraction of sp³-hybridized carbons (Fsp3) is 0.588. The van der Waals surface area contributed by atoms with Gasteiger partial charge in [0.2, 0.25) is 15.9 Å². The van der Waals surface area contributed by atoms with E-state index in [1.54, 1.807) is 7.05 Å². The summed E-state index contributed by atoms with van der Waals surface area (Å²) in [6.45, 7) is 1.10. The molecule has 0 saturated carbocycles. The number of halogens is 1. The zero-order valence-corrected chi connectivity index (χ0v) is 16.6. The quantitative estimate of drug-likeness (QED) is 0.680. The van der Waals surface area contributed by atoms with Crippen LogP contribution in [0.3, 0.4) is 0 Å². The third kappa shape index (κ3) is 5.67. The molecule has 1 N–H and O–H groups in total. The van der Waals surface area contributed by atoms with E-state index in [9.17, 15) is 17.6 Å². The summed E-state index contributed by atoms with van der Waals surface area (Å²) >= 11 is 1.51. The molecule has 1 aromatic carbocycles. The van der Waals surface area contributed by atoms with Gasteiger partial charge < -0.3 is 9.64 Å². The van der Waals surface area contributed by atoms with E-state index < -0.39 is 26.8 Å². The lowest BCUT2D eigenvalue weighted by Gasteiger charge is -2.26. The van der Waals surface area contributed by atoms with Crippen molar-refractivity contribution in [1.82, 2.24) is 9.62 Å². The molecular weight excluding hydrogens is 379 g/mol. The second-order valence-corrected chi connectivity index (χ2v) is 8.91. The molecule has 146 valence electrons. The van der Waals surface area contributed by atoms with Gasteiger partial charge in [-0.05, 0) is 43.4 Å². The second kappa shape index (κ2) is 9.68. The van der Waals surface area contributed by atoms with E-state index in [1.165, 1.54) is 34.9 Å². The number of nitrogens with one attached hydrogen (secondary N) is 1. The molecule has 9 heteroatoms. The number of likely N-dealkylation sites (N-methyl/N-ethyl adjacent to an activating group) is 1. The van der Waals surface area contributed by atoms with E-state index in [0.717, 1.165) is 18.9 Å². The Bertz CT molecular complexity index is 708. The highest BCUT2D eigenvalue weighted by atomic mass is 32.2. The van der Waals surface area contributed by atoms with Crippen LogP contribution >= 0.6 is 11.8 Å². The molecular formula is C17H25FN2O4S2. The van der Waals surface area contributed by atoms with Crippen LogP contribution in [0.1, 0.15) is 19.3 Å². The molecule has 6 nitrogen and oxygen atoms in total. The first kappa shape index (κ1) is 21.1. The number of rotatable bonds is 9. The lowest BCUT2D eigenvalue weighted by atomic mass is 10.2. The minimum atomic E-state index is -4.14. The number of carbonyl (C=O) groups excluding carboxylic acids is 1. The standard InChI is InChI=1S/C17H25FN2O4S2/c1-20(12-13-6-5-10-24-13)17(21)15(9-11-25-2)19-26(22,23)16-8-4-3-7-14(16)18/h3-4,7-8,13,15,19H,5-6,9-12H2,1-2H3. The third-order valence-electron chi connectivity index (χ3n) is 4.21. The normalized spacial score (nSPS) is 18.7. The van der Waals surface area contributed by atoms with Gasteiger partial charge in [-0.25, -0.2) is 12.8 Å². The van der Waals surface area contributed by atoms with Crippen LogP contribution in [0.25, 0.3) is 0 Å². The van der Waals surface area contributed by atoms with Crippen LogP contribution in [0.2, 0.25) is 0 Å². The number of ether oxygens (including phenoxy) is 1. The summed E-state index contributed by atoms with van der Waals surface area (Å²) in [6, 6.07) is 4.18. The van der Waals surface area contributed by atoms with Crippen molar-refractivity contribution in [3.05, 3.63) is 30.1 Å². The van der Waals surface area contributed by atoms with Crippen molar-refractivity contribution in [2.75, 3.05) is 32.2 Å². The zero-order valence-electron chi connectivity index (χ0n) is 15.0. The zero-order chi connectivity index (χ0) is 19.2. The number of hydrogen-bond donors (Lipinski definition) is 1. The lowest BCUT2D eigenvalue weighted by Crippen LogP contribution is -2.49. The first-order valence-electron chi connectivity index (χ1n) is 8.47. The maximum atomic E-state index is 13.9. The van der Waals surface area contributed by atoms with Crippen LogP contribution in [0.15, 0.2) is 29.2 Å². The summed E-state index contributed by atoms with van der Waals surface area (Å²) in [4.78, 5) is 13.8. The molecule has 1 amide bonds. The lowest BCUT2D eigenvalue weighted by molar-refractivity contribution is -0.133. The van der Waals surface area contributed by atoms with Crippen LogP contribution in [0.5, 0.6) is 0 Å². The number of hydrogen-bond acceptors (Lipinski definition) is 5. The van der Waals surface area contributed by atoms with E-state index in [4.69, 9.17) is 4.74 Å². The van der Waals surface area contributed by atoms with Crippen molar-refractivity contribution in [2.24, 2.45) is 0 Å². The number of nitrogens with zero attached hydrogens (tertiary/aromatic N) is 1. The molecule has 1 heterocycles. The second-order valence-electron chi connectivity index (χ2n) is 6.24. The Morgan fingerprint density at radius 2 is 2.19 bits per heavy atom. The molecule has 2 rings (SSSR count). The fourth-order valence-corrected chi connectivity index (χ4v) is 4.61. The summed E-state index contributed by atoms with van der Waals surface area (Å²) in [5.41, 5.74) is 0. The number of sulfonamides is 1. The third-order valence-corrected chi connectivity index (χ3v) is 6.36. The van der Waals surface area contributed by atoms with Gasteiger partial charge >= 0.3 is 0 Å². The predicted molar refractivity (Wildman–Crippen MR) is 100 cm³/mol.